The lowest BCUT2D eigenvalue weighted by Gasteiger charge is -2.27. The topological polar surface area (TPSA) is 0 Å². The van der Waals surface area contributed by atoms with Crippen LogP contribution in [0, 0.1) is 17.8 Å². The first-order chi connectivity index (χ1) is 8.47. The molecule has 0 fully saturated rings. The molecule has 0 aliphatic rings. The Labute approximate surface area is 115 Å². The molecule has 0 radical (unpaired) electrons. The van der Waals surface area contributed by atoms with E-state index in [9.17, 15) is 0 Å². The second kappa shape index (κ2) is 9.19. The lowest BCUT2D eigenvalue weighted by atomic mass is 9.78. The van der Waals surface area contributed by atoms with Crippen molar-refractivity contribution in [3.63, 3.8) is 0 Å². The summed E-state index contributed by atoms with van der Waals surface area (Å²) in [4.78, 5) is 0. The van der Waals surface area contributed by atoms with E-state index < -0.39 is 0 Å². The summed E-state index contributed by atoms with van der Waals surface area (Å²) in [6.07, 6.45) is 9.23. The SMILES string of the molecule is C=CC(CCCC)C(=C)C(CC(C)C)/C(C)=C\C. The molecule has 0 aliphatic heterocycles. The van der Waals surface area contributed by atoms with Crippen molar-refractivity contribution >= 4 is 0 Å². The molecule has 0 aromatic heterocycles. The van der Waals surface area contributed by atoms with Gasteiger partial charge < -0.3 is 0 Å². The Morgan fingerprint density at radius 3 is 2.28 bits per heavy atom. The minimum absolute atomic E-state index is 0.476. The Balaban J connectivity index is 4.86. The summed E-state index contributed by atoms with van der Waals surface area (Å²) in [5, 5.41) is 0. The summed E-state index contributed by atoms with van der Waals surface area (Å²) in [6, 6.07) is 0. The van der Waals surface area contributed by atoms with Gasteiger partial charge in [0, 0.05) is 5.92 Å². The molecule has 0 bridgehead atoms. The zero-order chi connectivity index (χ0) is 14.1. The maximum absolute atomic E-state index is 4.39. The Bertz CT molecular complexity index is 280. The van der Waals surface area contributed by atoms with Crippen LogP contribution in [0.2, 0.25) is 0 Å². The van der Waals surface area contributed by atoms with Crippen molar-refractivity contribution < 1.29 is 0 Å². The zero-order valence-corrected chi connectivity index (χ0v) is 13.1. The van der Waals surface area contributed by atoms with E-state index in [2.05, 4.69) is 59.9 Å². The smallest absolute Gasteiger partial charge is 0.000967 e. The van der Waals surface area contributed by atoms with Crippen molar-refractivity contribution in [2.75, 3.05) is 0 Å². The Morgan fingerprint density at radius 1 is 1.28 bits per heavy atom. The molecule has 0 aromatic rings. The van der Waals surface area contributed by atoms with Crippen LogP contribution in [0.25, 0.3) is 0 Å². The zero-order valence-electron chi connectivity index (χ0n) is 13.1. The van der Waals surface area contributed by atoms with Crippen molar-refractivity contribution in [2.24, 2.45) is 17.8 Å². The average Bonchev–Trinajstić information content (AvgIpc) is 2.35. The van der Waals surface area contributed by atoms with E-state index in [0.717, 1.165) is 0 Å². The van der Waals surface area contributed by atoms with E-state index in [1.54, 1.807) is 0 Å². The third-order valence-electron chi connectivity index (χ3n) is 3.79. The van der Waals surface area contributed by atoms with Gasteiger partial charge in [-0.15, -0.1) is 6.58 Å². The monoisotopic (exact) mass is 248 g/mol. The van der Waals surface area contributed by atoms with Crippen molar-refractivity contribution in [1.82, 2.24) is 0 Å². The van der Waals surface area contributed by atoms with Crippen LogP contribution in [0.3, 0.4) is 0 Å². The fourth-order valence-electron chi connectivity index (χ4n) is 2.44. The van der Waals surface area contributed by atoms with E-state index in [4.69, 9.17) is 0 Å². The van der Waals surface area contributed by atoms with Gasteiger partial charge in [0.1, 0.15) is 0 Å². The first-order valence-corrected chi connectivity index (χ1v) is 7.41. The van der Waals surface area contributed by atoms with Gasteiger partial charge in [-0.2, -0.15) is 0 Å². The highest BCUT2D eigenvalue weighted by Crippen LogP contribution is 2.33. The Morgan fingerprint density at radius 2 is 1.89 bits per heavy atom. The average molecular weight is 248 g/mol. The van der Waals surface area contributed by atoms with Crippen LogP contribution in [0.4, 0.5) is 0 Å². The van der Waals surface area contributed by atoms with Crippen molar-refractivity contribution in [1.29, 1.82) is 0 Å². The lowest BCUT2D eigenvalue weighted by Crippen LogP contribution is -2.15. The maximum atomic E-state index is 4.39. The molecule has 0 nitrogen and oxygen atoms in total. The minimum Gasteiger partial charge on any atom is -0.102 e. The predicted molar refractivity (Wildman–Crippen MR) is 84.7 cm³/mol. The van der Waals surface area contributed by atoms with Gasteiger partial charge >= 0.3 is 0 Å². The second-order valence-corrected chi connectivity index (χ2v) is 5.77. The van der Waals surface area contributed by atoms with Crippen molar-refractivity contribution in [3.05, 3.63) is 36.5 Å². The summed E-state index contributed by atoms with van der Waals surface area (Å²) < 4.78 is 0. The summed E-state index contributed by atoms with van der Waals surface area (Å²) in [7, 11) is 0. The summed E-state index contributed by atoms with van der Waals surface area (Å²) in [6.45, 7) is 19.6. The molecule has 0 saturated heterocycles. The van der Waals surface area contributed by atoms with Gasteiger partial charge in [0.25, 0.3) is 0 Å². The number of unbranched alkanes of at least 4 members (excludes halogenated alkanes) is 1. The lowest BCUT2D eigenvalue weighted by molar-refractivity contribution is 0.464. The molecule has 2 atom stereocenters. The number of rotatable bonds is 9. The quantitative estimate of drug-likeness (QED) is 0.428. The molecule has 0 rings (SSSR count). The van der Waals surface area contributed by atoms with E-state index in [0.29, 0.717) is 17.8 Å². The molecule has 104 valence electrons. The van der Waals surface area contributed by atoms with Crippen LogP contribution in [0.15, 0.2) is 36.5 Å². The highest BCUT2D eigenvalue weighted by atomic mass is 14.3. The fourth-order valence-corrected chi connectivity index (χ4v) is 2.44. The molecular weight excluding hydrogens is 216 g/mol. The first kappa shape index (κ1) is 17.2. The summed E-state index contributed by atoms with van der Waals surface area (Å²) in [5.41, 5.74) is 2.82. The third-order valence-corrected chi connectivity index (χ3v) is 3.79. The highest BCUT2D eigenvalue weighted by molar-refractivity contribution is 5.22. The van der Waals surface area contributed by atoms with Gasteiger partial charge in [0.15, 0.2) is 0 Å². The second-order valence-electron chi connectivity index (χ2n) is 5.77. The highest BCUT2D eigenvalue weighted by Gasteiger charge is 2.20. The van der Waals surface area contributed by atoms with Gasteiger partial charge in [-0.1, -0.05) is 63.5 Å². The third kappa shape index (κ3) is 5.71. The molecule has 0 amide bonds. The molecule has 0 N–H and O–H groups in total. The number of hydrogen-bond donors (Lipinski definition) is 0. The summed E-state index contributed by atoms with van der Waals surface area (Å²) in [5.74, 6) is 1.71. The molecule has 0 saturated carbocycles. The molecule has 18 heavy (non-hydrogen) atoms. The van der Waals surface area contributed by atoms with Gasteiger partial charge in [-0.3, -0.25) is 0 Å². The van der Waals surface area contributed by atoms with Gasteiger partial charge in [0.05, 0.1) is 0 Å². The molecule has 0 heterocycles. The van der Waals surface area contributed by atoms with Crippen LogP contribution in [0.5, 0.6) is 0 Å². The summed E-state index contributed by atoms with van der Waals surface area (Å²) >= 11 is 0. The van der Waals surface area contributed by atoms with Crippen molar-refractivity contribution in [3.8, 4) is 0 Å². The normalized spacial score (nSPS) is 15.6. The Hall–Kier alpha value is -0.780. The molecular formula is C18H32. The first-order valence-electron chi connectivity index (χ1n) is 7.41. The van der Waals surface area contributed by atoms with Crippen LogP contribution >= 0.6 is 0 Å². The molecule has 0 heteroatoms. The van der Waals surface area contributed by atoms with E-state index in [-0.39, 0.29) is 0 Å². The molecule has 0 aliphatic carbocycles. The standard InChI is InChI=1S/C18H32/c1-8-11-12-17(10-3)16(7)18(13-14(4)5)15(6)9-2/h9-10,14,17-18H,3,7-8,11-13H2,1-2,4-6H3/b15-9-. The number of hydrogen-bond acceptors (Lipinski definition) is 0. The van der Waals surface area contributed by atoms with Crippen LogP contribution < -0.4 is 0 Å². The molecule has 0 spiro atoms. The molecule has 0 aromatic carbocycles. The van der Waals surface area contributed by atoms with Gasteiger partial charge in [0.2, 0.25) is 0 Å². The van der Waals surface area contributed by atoms with E-state index in [1.807, 2.05) is 0 Å². The Kier molecular flexibility index (Phi) is 8.79. The van der Waals surface area contributed by atoms with E-state index in [1.165, 1.54) is 36.8 Å². The van der Waals surface area contributed by atoms with Crippen LogP contribution in [0.1, 0.15) is 60.3 Å². The predicted octanol–water partition coefficient (Wildman–Crippen LogP) is 6.16. The minimum atomic E-state index is 0.476. The fraction of sp³-hybridized carbons (Fsp3) is 0.667. The molecule has 2 unspecified atom stereocenters. The largest absolute Gasteiger partial charge is 0.102 e. The maximum Gasteiger partial charge on any atom is 0.000967 e. The van der Waals surface area contributed by atoms with Gasteiger partial charge in [-0.05, 0) is 38.5 Å². The van der Waals surface area contributed by atoms with E-state index >= 15 is 0 Å². The van der Waals surface area contributed by atoms with Crippen LogP contribution in [-0.2, 0) is 0 Å². The number of allylic oxidation sites excluding steroid dienone is 4. The van der Waals surface area contributed by atoms with Crippen LogP contribution in [-0.4, -0.2) is 0 Å². The van der Waals surface area contributed by atoms with Gasteiger partial charge in [-0.25, -0.2) is 0 Å². The van der Waals surface area contributed by atoms with Crippen molar-refractivity contribution in [2.45, 2.75) is 60.3 Å².